The Morgan fingerprint density at radius 2 is 1.79 bits per heavy atom. The molecule has 5 heteroatoms. The maximum Gasteiger partial charge on any atom is 0.321 e. The van der Waals surface area contributed by atoms with Gasteiger partial charge in [-0.1, -0.05) is 13.8 Å². The van der Waals surface area contributed by atoms with Gasteiger partial charge in [-0.2, -0.15) is 0 Å². The van der Waals surface area contributed by atoms with Gasteiger partial charge in [-0.25, -0.2) is 14.4 Å². The molecule has 100 valence electrons. The number of benzene rings is 1. The third-order valence-corrected chi connectivity index (χ3v) is 2.42. The van der Waals surface area contributed by atoms with Gasteiger partial charge in [0.2, 0.25) is 0 Å². The quantitative estimate of drug-likeness (QED) is 0.899. The molecule has 0 fully saturated rings. The van der Waals surface area contributed by atoms with Crippen LogP contribution in [0.15, 0.2) is 36.7 Å². The second-order valence-electron chi connectivity index (χ2n) is 4.47. The first-order valence-electron chi connectivity index (χ1n) is 6.11. The molecule has 0 aliphatic heterocycles. The van der Waals surface area contributed by atoms with Crippen LogP contribution in [0.5, 0.6) is 11.8 Å². The summed E-state index contributed by atoms with van der Waals surface area (Å²) in [5.41, 5.74) is 0.986. The predicted molar refractivity (Wildman–Crippen MR) is 70.5 cm³/mol. The summed E-state index contributed by atoms with van der Waals surface area (Å²) in [5.74, 6) is 0.206. The molecule has 0 atom stereocenters. The molecule has 1 aromatic heterocycles. The fourth-order valence-electron chi connectivity index (χ4n) is 1.42. The summed E-state index contributed by atoms with van der Waals surface area (Å²) in [6.07, 6.45) is 3.42. The van der Waals surface area contributed by atoms with Gasteiger partial charge in [0.25, 0.3) is 0 Å². The molecule has 0 bridgehead atoms. The van der Waals surface area contributed by atoms with Crippen molar-refractivity contribution in [3.63, 3.8) is 0 Å². The van der Waals surface area contributed by atoms with E-state index in [2.05, 4.69) is 29.1 Å². The molecule has 1 aromatic carbocycles. The predicted octanol–water partition coefficient (Wildman–Crippen LogP) is 2.91. The Morgan fingerprint density at radius 3 is 2.37 bits per heavy atom. The Labute approximate surface area is 111 Å². The Hall–Kier alpha value is -2.01. The van der Waals surface area contributed by atoms with E-state index in [1.165, 1.54) is 24.3 Å². The van der Waals surface area contributed by atoms with Crippen LogP contribution in [0.2, 0.25) is 0 Å². The maximum atomic E-state index is 12.7. The Kier molecular flexibility index (Phi) is 4.41. The third kappa shape index (κ3) is 4.30. The fourth-order valence-corrected chi connectivity index (χ4v) is 1.42. The number of rotatable bonds is 5. The highest BCUT2D eigenvalue weighted by Gasteiger charge is 2.02. The van der Waals surface area contributed by atoms with E-state index in [0.29, 0.717) is 18.3 Å². The zero-order valence-electron chi connectivity index (χ0n) is 10.9. The molecule has 2 rings (SSSR count). The van der Waals surface area contributed by atoms with Gasteiger partial charge in [-0.3, -0.25) is 0 Å². The SMILES string of the molecule is CC(C)NCc1cnc(Oc2ccc(F)cc2)nc1. The van der Waals surface area contributed by atoms with Crippen LogP contribution in [0.3, 0.4) is 0 Å². The zero-order chi connectivity index (χ0) is 13.7. The highest BCUT2D eigenvalue weighted by atomic mass is 19.1. The van der Waals surface area contributed by atoms with Crippen molar-refractivity contribution in [2.45, 2.75) is 26.4 Å². The van der Waals surface area contributed by atoms with Crippen molar-refractivity contribution in [2.75, 3.05) is 0 Å². The van der Waals surface area contributed by atoms with Gasteiger partial charge < -0.3 is 10.1 Å². The molecule has 0 saturated heterocycles. The molecule has 0 aliphatic carbocycles. The van der Waals surface area contributed by atoms with E-state index in [1.54, 1.807) is 12.4 Å². The van der Waals surface area contributed by atoms with Crippen LogP contribution >= 0.6 is 0 Å². The van der Waals surface area contributed by atoms with Crippen molar-refractivity contribution >= 4 is 0 Å². The van der Waals surface area contributed by atoms with Crippen molar-refractivity contribution < 1.29 is 9.13 Å². The number of halogens is 1. The smallest absolute Gasteiger partial charge is 0.321 e. The van der Waals surface area contributed by atoms with Crippen molar-refractivity contribution in [3.05, 3.63) is 48.0 Å². The molecular weight excluding hydrogens is 245 g/mol. The lowest BCUT2D eigenvalue weighted by Crippen LogP contribution is -2.21. The first kappa shape index (κ1) is 13.4. The first-order valence-corrected chi connectivity index (χ1v) is 6.11. The van der Waals surface area contributed by atoms with Gasteiger partial charge in [-0.15, -0.1) is 0 Å². The highest BCUT2D eigenvalue weighted by molar-refractivity contribution is 5.25. The summed E-state index contributed by atoms with van der Waals surface area (Å²) >= 11 is 0. The average molecular weight is 261 g/mol. The van der Waals surface area contributed by atoms with Crippen LogP contribution in [-0.2, 0) is 6.54 Å². The Bertz CT molecular complexity index is 511. The lowest BCUT2D eigenvalue weighted by Gasteiger charge is -2.08. The first-order chi connectivity index (χ1) is 9.13. The molecule has 1 heterocycles. The van der Waals surface area contributed by atoms with E-state index in [4.69, 9.17) is 4.74 Å². The van der Waals surface area contributed by atoms with Crippen molar-refractivity contribution in [3.8, 4) is 11.8 Å². The van der Waals surface area contributed by atoms with Gasteiger partial charge in [-0.05, 0) is 24.3 Å². The van der Waals surface area contributed by atoms with E-state index in [-0.39, 0.29) is 11.8 Å². The van der Waals surface area contributed by atoms with E-state index in [0.717, 1.165) is 5.56 Å². The van der Waals surface area contributed by atoms with Gasteiger partial charge >= 0.3 is 6.01 Å². The standard InChI is InChI=1S/C14H16FN3O/c1-10(2)16-7-11-8-17-14(18-9-11)19-13-5-3-12(15)4-6-13/h3-6,8-10,16H,7H2,1-2H3. The summed E-state index contributed by atoms with van der Waals surface area (Å²) in [6.45, 7) is 4.87. The summed E-state index contributed by atoms with van der Waals surface area (Å²) in [4.78, 5) is 8.21. The number of nitrogens with zero attached hydrogens (tertiary/aromatic N) is 2. The lowest BCUT2D eigenvalue weighted by atomic mass is 10.3. The van der Waals surface area contributed by atoms with E-state index < -0.39 is 0 Å². The minimum atomic E-state index is -0.302. The molecule has 0 unspecified atom stereocenters. The van der Waals surface area contributed by atoms with E-state index >= 15 is 0 Å². The molecule has 2 aromatic rings. The van der Waals surface area contributed by atoms with Gasteiger partial charge in [0.1, 0.15) is 11.6 Å². The molecule has 4 nitrogen and oxygen atoms in total. The zero-order valence-corrected chi connectivity index (χ0v) is 10.9. The summed E-state index contributed by atoms with van der Waals surface area (Å²) in [5, 5.41) is 3.27. The van der Waals surface area contributed by atoms with E-state index in [1.807, 2.05) is 0 Å². The van der Waals surface area contributed by atoms with Crippen molar-refractivity contribution in [2.24, 2.45) is 0 Å². The number of aromatic nitrogens is 2. The normalized spacial score (nSPS) is 10.7. The van der Waals surface area contributed by atoms with E-state index in [9.17, 15) is 4.39 Å². The second kappa shape index (κ2) is 6.24. The van der Waals surface area contributed by atoms with Gasteiger partial charge in [0.05, 0.1) is 0 Å². The topological polar surface area (TPSA) is 47.0 Å². The average Bonchev–Trinajstić information content (AvgIpc) is 2.40. The second-order valence-corrected chi connectivity index (χ2v) is 4.47. The fraction of sp³-hybridized carbons (Fsp3) is 0.286. The van der Waals surface area contributed by atoms with Gasteiger partial charge in [0.15, 0.2) is 0 Å². The maximum absolute atomic E-state index is 12.7. The molecule has 0 amide bonds. The molecule has 0 spiro atoms. The summed E-state index contributed by atoms with van der Waals surface area (Å²) in [7, 11) is 0. The van der Waals surface area contributed by atoms with Crippen LogP contribution in [0.1, 0.15) is 19.4 Å². The minimum Gasteiger partial charge on any atom is -0.424 e. The summed E-state index contributed by atoms with van der Waals surface area (Å²) < 4.78 is 18.1. The molecule has 1 N–H and O–H groups in total. The molecular formula is C14H16FN3O. The molecule has 19 heavy (non-hydrogen) atoms. The summed E-state index contributed by atoms with van der Waals surface area (Å²) in [6, 6.07) is 6.39. The number of hydrogen-bond acceptors (Lipinski definition) is 4. The van der Waals surface area contributed by atoms with Crippen LogP contribution < -0.4 is 10.1 Å². The molecule has 0 aliphatic rings. The Balaban J connectivity index is 1.96. The van der Waals surface area contributed by atoms with Crippen LogP contribution in [-0.4, -0.2) is 16.0 Å². The van der Waals surface area contributed by atoms with Crippen molar-refractivity contribution in [1.82, 2.24) is 15.3 Å². The van der Waals surface area contributed by atoms with Gasteiger partial charge in [0, 0.05) is 30.5 Å². The Morgan fingerprint density at radius 1 is 1.16 bits per heavy atom. The number of ether oxygens (including phenoxy) is 1. The number of nitrogens with one attached hydrogen (secondary N) is 1. The largest absolute Gasteiger partial charge is 0.424 e. The van der Waals surface area contributed by atoms with Crippen LogP contribution in [0.25, 0.3) is 0 Å². The lowest BCUT2D eigenvalue weighted by molar-refractivity contribution is 0.439. The number of hydrogen-bond donors (Lipinski definition) is 1. The minimum absolute atomic E-state index is 0.250. The molecule has 0 saturated carbocycles. The van der Waals surface area contributed by atoms with Crippen LogP contribution in [0.4, 0.5) is 4.39 Å². The van der Waals surface area contributed by atoms with Crippen molar-refractivity contribution in [1.29, 1.82) is 0 Å². The van der Waals surface area contributed by atoms with Crippen LogP contribution in [0, 0.1) is 5.82 Å². The monoisotopic (exact) mass is 261 g/mol. The third-order valence-electron chi connectivity index (χ3n) is 2.42. The highest BCUT2D eigenvalue weighted by Crippen LogP contribution is 2.17. The molecule has 0 radical (unpaired) electrons.